The van der Waals surface area contributed by atoms with Crippen LogP contribution in [0.1, 0.15) is 77.2 Å². The second kappa shape index (κ2) is 15.3. The molecule has 266 valence electrons. The Hall–Kier alpha value is -3.22. The smallest absolute Gasteiger partial charge is 0.389 e. The molecule has 0 spiro atoms. The van der Waals surface area contributed by atoms with Crippen LogP contribution in [0.3, 0.4) is 0 Å². The number of nitrogens with two attached hydrogens (primary N) is 1. The van der Waals surface area contributed by atoms with Crippen molar-refractivity contribution in [2.75, 3.05) is 28.4 Å². The van der Waals surface area contributed by atoms with Crippen LogP contribution in [0, 0.1) is 5.92 Å². The Kier molecular flexibility index (Phi) is 12.5. The number of hydrazone groups is 1. The van der Waals surface area contributed by atoms with Crippen molar-refractivity contribution in [3.8, 4) is 5.75 Å². The number of ether oxygens (including phenoxy) is 1. The zero-order valence-electron chi connectivity index (χ0n) is 26.0. The number of amides is 1. The number of nitrogens with zero attached hydrogens (tertiary/aromatic N) is 3. The number of hydrogen-bond acceptors (Lipinski definition) is 9. The van der Waals surface area contributed by atoms with E-state index in [-0.39, 0.29) is 44.8 Å². The van der Waals surface area contributed by atoms with Crippen molar-refractivity contribution in [3.05, 3.63) is 35.2 Å². The highest BCUT2D eigenvalue weighted by molar-refractivity contribution is 8.10. The topological polar surface area (TPSA) is 151 Å². The van der Waals surface area contributed by atoms with Gasteiger partial charge in [0.15, 0.2) is 5.84 Å². The van der Waals surface area contributed by atoms with Gasteiger partial charge in [-0.2, -0.15) is 35.2 Å². The normalized spacial score (nSPS) is 17.8. The fourth-order valence-electron chi connectivity index (χ4n) is 5.28. The average Bonchev–Trinajstić information content (AvgIpc) is 3.42. The van der Waals surface area contributed by atoms with Crippen molar-refractivity contribution in [2.24, 2.45) is 16.8 Å². The number of hydrogen-bond donors (Lipinski definition) is 2. The summed E-state index contributed by atoms with van der Waals surface area (Å²) in [5.41, 5.74) is 5.56. The van der Waals surface area contributed by atoms with Gasteiger partial charge in [0.05, 0.1) is 29.4 Å². The molecule has 0 bridgehead atoms. The Bertz CT molecular complexity index is 1500. The first-order valence-corrected chi connectivity index (χ1v) is 18.3. The molecular weight excluding hydrogens is 680 g/mol. The molecule has 1 saturated carbocycles. The van der Waals surface area contributed by atoms with Gasteiger partial charge in [0, 0.05) is 25.1 Å². The van der Waals surface area contributed by atoms with Crippen LogP contribution in [0.2, 0.25) is 0 Å². The van der Waals surface area contributed by atoms with E-state index in [0.717, 1.165) is 37.8 Å². The Morgan fingerprint density at radius 3 is 2.06 bits per heavy atom. The van der Waals surface area contributed by atoms with E-state index in [1.807, 2.05) is 0 Å². The van der Waals surface area contributed by atoms with E-state index in [1.165, 1.54) is 18.0 Å². The summed E-state index contributed by atoms with van der Waals surface area (Å²) in [4.78, 5) is 13.3. The molecule has 0 aromatic heterocycles. The lowest BCUT2D eigenvalue weighted by molar-refractivity contribution is -0.135. The molecule has 19 heteroatoms. The molecule has 3 rings (SSSR count). The second-order valence-electron chi connectivity index (χ2n) is 11.5. The third-order valence-corrected chi connectivity index (χ3v) is 11.7. The minimum Gasteiger partial charge on any atom is -0.493 e. The quantitative estimate of drug-likeness (QED) is 0.188. The first kappa shape index (κ1) is 38.2. The summed E-state index contributed by atoms with van der Waals surface area (Å²) in [6.07, 6.45) is -10.3. The number of carbonyl (C=O) groups is 1. The Morgan fingerprint density at radius 2 is 1.57 bits per heavy atom. The van der Waals surface area contributed by atoms with Gasteiger partial charge in [-0.1, -0.05) is 19.8 Å². The highest BCUT2D eigenvalue weighted by atomic mass is 32.3. The van der Waals surface area contributed by atoms with Gasteiger partial charge in [-0.05, 0) is 63.1 Å². The van der Waals surface area contributed by atoms with E-state index in [0.29, 0.717) is 13.0 Å². The van der Waals surface area contributed by atoms with Gasteiger partial charge in [0.25, 0.3) is 5.91 Å². The van der Waals surface area contributed by atoms with Gasteiger partial charge < -0.3 is 15.8 Å². The highest BCUT2D eigenvalue weighted by Crippen LogP contribution is 2.34. The molecule has 1 aromatic rings. The van der Waals surface area contributed by atoms with Crippen LogP contribution in [-0.4, -0.2) is 70.6 Å². The van der Waals surface area contributed by atoms with Crippen LogP contribution in [0.5, 0.6) is 5.75 Å². The maximum absolute atomic E-state index is 13.4. The average molecular weight is 720 g/mol. The number of rotatable bonds is 15. The molecule has 1 fully saturated rings. The predicted molar refractivity (Wildman–Crippen MR) is 163 cm³/mol. The van der Waals surface area contributed by atoms with Crippen LogP contribution in [0.15, 0.2) is 34.7 Å². The van der Waals surface area contributed by atoms with Crippen LogP contribution in [-0.2, 0) is 24.8 Å². The maximum atomic E-state index is 13.4. The summed E-state index contributed by atoms with van der Waals surface area (Å²) in [6, 6.07) is 3.21. The van der Waals surface area contributed by atoms with Crippen molar-refractivity contribution in [3.63, 3.8) is 0 Å². The highest BCUT2D eigenvalue weighted by Gasteiger charge is 2.38. The van der Waals surface area contributed by atoms with E-state index in [1.54, 1.807) is 6.92 Å². The van der Waals surface area contributed by atoms with E-state index in [9.17, 15) is 48.0 Å². The van der Waals surface area contributed by atoms with E-state index < -0.39 is 81.2 Å². The maximum Gasteiger partial charge on any atom is 0.389 e. The van der Waals surface area contributed by atoms with Crippen molar-refractivity contribution in [2.45, 2.75) is 84.0 Å². The Labute approximate surface area is 270 Å². The zero-order chi connectivity index (χ0) is 35.2. The number of nitrogens with one attached hydrogen (secondary N) is 1. The van der Waals surface area contributed by atoms with Crippen LogP contribution in [0.25, 0.3) is 0 Å². The van der Waals surface area contributed by atoms with Gasteiger partial charge >= 0.3 is 12.4 Å². The molecule has 0 saturated heterocycles. The fraction of sp³-hybridized carbons (Fsp3) is 0.643. The number of sulfonamides is 2. The van der Waals surface area contributed by atoms with Crippen molar-refractivity contribution >= 4 is 37.5 Å². The molecule has 1 heterocycles. The first-order valence-electron chi connectivity index (χ1n) is 15.0. The van der Waals surface area contributed by atoms with Gasteiger partial charge in [-0.3, -0.25) is 9.80 Å². The standard InChI is InChI=1S/C28H39F6N5O6S2/c1-3-14-45-23-11-10-21(17-22(23)25-36-26(40)24(19(2)35)38(37-25)18-20-8-4-5-9-20)39(46(41,42)15-6-12-27(29,30)31)47(43,44)16-7-13-28(32,33)34/h10-11,17,20H,3-9,12-16,18,35H2,1-2H3,(H,36,37,40)/b24-19-. The second-order valence-corrected chi connectivity index (χ2v) is 15.6. The fourth-order valence-corrected chi connectivity index (χ4v) is 9.33. The van der Waals surface area contributed by atoms with Crippen LogP contribution >= 0.6 is 0 Å². The first-order chi connectivity index (χ1) is 21.7. The predicted octanol–water partition coefficient (Wildman–Crippen LogP) is 5.10. The number of allylic oxidation sites excluding steroid dienone is 1. The minimum atomic E-state index is -5.09. The van der Waals surface area contributed by atoms with Crippen molar-refractivity contribution in [1.82, 2.24) is 10.3 Å². The Balaban J connectivity index is 2.16. The third-order valence-electron chi connectivity index (χ3n) is 7.33. The van der Waals surface area contributed by atoms with Crippen molar-refractivity contribution < 1.29 is 52.7 Å². The largest absolute Gasteiger partial charge is 0.493 e. The summed E-state index contributed by atoms with van der Waals surface area (Å²) in [5.74, 6) is -3.12. The molecular formula is C28H39F6N5O6S2. The third kappa shape index (κ3) is 10.9. The van der Waals surface area contributed by atoms with Gasteiger partial charge in [-0.25, -0.2) is 16.8 Å². The van der Waals surface area contributed by atoms with Gasteiger partial charge in [0.1, 0.15) is 11.4 Å². The Morgan fingerprint density at radius 1 is 1.02 bits per heavy atom. The monoisotopic (exact) mass is 719 g/mol. The number of benzene rings is 1. The molecule has 1 amide bonds. The van der Waals surface area contributed by atoms with Crippen LogP contribution < -0.4 is 19.5 Å². The molecule has 1 aliphatic heterocycles. The minimum absolute atomic E-state index is 0.0521. The molecule has 0 unspecified atom stereocenters. The summed E-state index contributed by atoms with van der Waals surface area (Å²) in [6.45, 7) is 3.76. The summed E-state index contributed by atoms with van der Waals surface area (Å²) in [7, 11) is -10.2. The van der Waals surface area contributed by atoms with E-state index in [4.69, 9.17) is 10.5 Å². The van der Waals surface area contributed by atoms with E-state index >= 15 is 0 Å². The SMILES string of the molecule is CCCOc1ccc(N(S(=O)(=O)CCCC(F)(F)F)S(=O)(=O)CCCC(F)(F)F)cc1C1=NN(CC2CCCC2)/C(=C(/C)N)C(=O)N1. The number of anilines is 1. The number of carbonyl (C=O) groups excluding carboxylic acids is 1. The molecule has 0 radical (unpaired) electrons. The zero-order valence-corrected chi connectivity index (χ0v) is 27.6. The molecule has 0 atom stereocenters. The molecule has 1 aliphatic carbocycles. The lowest BCUT2D eigenvalue weighted by atomic mass is 10.1. The molecule has 11 nitrogen and oxygen atoms in total. The van der Waals surface area contributed by atoms with E-state index in [2.05, 4.69) is 10.4 Å². The summed E-state index contributed by atoms with van der Waals surface area (Å²) < 4.78 is 136. The number of amidine groups is 1. The van der Waals surface area contributed by atoms with Crippen LogP contribution in [0.4, 0.5) is 32.0 Å². The lowest BCUT2D eigenvalue weighted by Crippen LogP contribution is -2.46. The lowest BCUT2D eigenvalue weighted by Gasteiger charge is -2.31. The van der Waals surface area contributed by atoms with Gasteiger partial charge in [0.2, 0.25) is 20.0 Å². The molecule has 3 N–H and O–H groups in total. The number of halogens is 6. The molecule has 1 aromatic carbocycles. The van der Waals surface area contributed by atoms with Gasteiger partial charge in [-0.15, -0.1) is 0 Å². The molecule has 2 aliphatic rings. The molecule has 47 heavy (non-hydrogen) atoms. The number of alkyl halides is 6. The van der Waals surface area contributed by atoms with Crippen molar-refractivity contribution in [1.29, 1.82) is 0 Å². The summed E-state index contributed by atoms with van der Waals surface area (Å²) in [5, 5.41) is 8.53. The summed E-state index contributed by atoms with van der Waals surface area (Å²) >= 11 is 0.